The van der Waals surface area contributed by atoms with Crippen LogP contribution in [-0.4, -0.2) is 25.5 Å². The summed E-state index contributed by atoms with van der Waals surface area (Å²) < 4.78 is 10.5. The molecular formula is C21H21NO4. The summed E-state index contributed by atoms with van der Waals surface area (Å²) in [5, 5.41) is 0. The summed E-state index contributed by atoms with van der Waals surface area (Å²) >= 11 is 0. The second-order valence-corrected chi connectivity index (χ2v) is 5.99. The number of amides is 1. The summed E-state index contributed by atoms with van der Waals surface area (Å²) in [6.45, 7) is 0.923. The van der Waals surface area contributed by atoms with E-state index in [1.165, 1.54) is 6.08 Å². The van der Waals surface area contributed by atoms with Gasteiger partial charge in [0.1, 0.15) is 12.4 Å². The lowest BCUT2D eigenvalue weighted by molar-refractivity contribution is -0.138. The average molecular weight is 351 g/mol. The topological polar surface area (TPSA) is 55.8 Å². The number of carbonyl (C=O) groups excluding carboxylic acids is 2. The Kier molecular flexibility index (Phi) is 5.69. The number of methoxy groups -OCH3 is 1. The molecule has 3 rings (SSSR count). The second kappa shape index (κ2) is 8.34. The van der Waals surface area contributed by atoms with Gasteiger partial charge in [0.15, 0.2) is 0 Å². The van der Waals surface area contributed by atoms with Crippen molar-refractivity contribution < 1.29 is 19.1 Å². The molecule has 1 amide bonds. The highest BCUT2D eigenvalue weighted by Crippen LogP contribution is 2.22. The zero-order chi connectivity index (χ0) is 18.4. The average Bonchev–Trinajstić information content (AvgIpc) is 3.11. The zero-order valence-corrected chi connectivity index (χ0v) is 14.7. The molecule has 5 nitrogen and oxygen atoms in total. The van der Waals surface area contributed by atoms with Crippen molar-refractivity contribution in [3.63, 3.8) is 0 Å². The molecule has 0 aromatic heterocycles. The van der Waals surface area contributed by atoms with Crippen LogP contribution >= 0.6 is 0 Å². The number of ether oxygens (including phenoxy) is 2. The van der Waals surface area contributed by atoms with Gasteiger partial charge in [0.05, 0.1) is 7.11 Å². The molecule has 5 heteroatoms. The van der Waals surface area contributed by atoms with E-state index in [9.17, 15) is 9.59 Å². The van der Waals surface area contributed by atoms with Crippen LogP contribution < -0.4 is 9.64 Å². The number of hydrogen-bond donors (Lipinski definition) is 0. The van der Waals surface area contributed by atoms with E-state index in [-0.39, 0.29) is 12.5 Å². The van der Waals surface area contributed by atoms with Gasteiger partial charge in [-0.25, -0.2) is 4.79 Å². The van der Waals surface area contributed by atoms with Crippen molar-refractivity contribution in [3.05, 3.63) is 65.7 Å². The fraction of sp³-hybridized carbons (Fsp3) is 0.238. The molecule has 2 aromatic rings. The normalized spacial score (nSPS) is 14.0. The van der Waals surface area contributed by atoms with E-state index < -0.39 is 5.97 Å². The molecule has 0 saturated carbocycles. The highest BCUT2D eigenvalue weighted by Gasteiger charge is 2.21. The quantitative estimate of drug-likeness (QED) is 0.590. The van der Waals surface area contributed by atoms with Gasteiger partial charge in [0.2, 0.25) is 5.91 Å². The molecule has 1 aliphatic rings. The highest BCUT2D eigenvalue weighted by molar-refractivity contribution is 5.95. The Bertz CT molecular complexity index is 811. The van der Waals surface area contributed by atoms with E-state index in [1.807, 2.05) is 48.5 Å². The predicted molar refractivity (Wildman–Crippen MR) is 99.9 cm³/mol. The molecule has 26 heavy (non-hydrogen) atoms. The summed E-state index contributed by atoms with van der Waals surface area (Å²) in [4.78, 5) is 25.4. The van der Waals surface area contributed by atoms with Crippen molar-refractivity contribution in [3.8, 4) is 5.75 Å². The van der Waals surface area contributed by atoms with Crippen LogP contribution in [0.15, 0.2) is 54.6 Å². The lowest BCUT2D eigenvalue weighted by Gasteiger charge is -2.15. The van der Waals surface area contributed by atoms with E-state index in [1.54, 1.807) is 18.1 Å². The first-order valence-corrected chi connectivity index (χ1v) is 8.54. The SMILES string of the molecule is COc1ccccc1COC(=O)/C=C/c1ccc(N2CCCC2=O)cc1. The lowest BCUT2D eigenvalue weighted by Crippen LogP contribution is -2.23. The Labute approximate surface area is 152 Å². The number of esters is 1. The minimum absolute atomic E-state index is 0.156. The van der Waals surface area contributed by atoms with Crippen molar-refractivity contribution >= 4 is 23.6 Å². The summed E-state index contributed by atoms with van der Waals surface area (Å²) in [6.07, 6.45) is 4.60. The van der Waals surface area contributed by atoms with Gasteiger partial charge in [0, 0.05) is 30.3 Å². The van der Waals surface area contributed by atoms with E-state index in [4.69, 9.17) is 9.47 Å². The van der Waals surface area contributed by atoms with Crippen LogP contribution in [0.25, 0.3) is 6.08 Å². The van der Waals surface area contributed by atoms with Gasteiger partial charge in [-0.05, 0) is 36.3 Å². The van der Waals surface area contributed by atoms with Crippen molar-refractivity contribution in [2.75, 3.05) is 18.6 Å². The summed E-state index contributed by atoms with van der Waals surface area (Å²) in [5.41, 5.74) is 2.58. The van der Waals surface area contributed by atoms with Crippen LogP contribution in [0.2, 0.25) is 0 Å². The fourth-order valence-electron chi connectivity index (χ4n) is 2.87. The van der Waals surface area contributed by atoms with Gasteiger partial charge in [0.25, 0.3) is 0 Å². The molecule has 2 aromatic carbocycles. The molecule has 0 unspecified atom stereocenters. The number of hydrogen-bond acceptors (Lipinski definition) is 4. The number of carbonyl (C=O) groups is 2. The number of anilines is 1. The zero-order valence-electron chi connectivity index (χ0n) is 14.7. The Morgan fingerprint density at radius 3 is 2.62 bits per heavy atom. The minimum atomic E-state index is -0.422. The third-order valence-electron chi connectivity index (χ3n) is 4.25. The maximum atomic E-state index is 11.9. The number of para-hydroxylation sites is 1. The summed E-state index contributed by atoms with van der Waals surface area (Å²) in [7, 11) is 1.58. The molecule has 1 saturated heterocycles. The van der Waals surface area contributed by atoms with Crippen molar-refractivity contribution in [1.82, 2.24) is 0 Å². The molecule has 1 fully saturated rings. The van der Waals surface area contributed by atoms with E-state index in [0.717, 1.165) is 29.8 Å². The van der Waals surface area contributed by atoms with Gasteiger partial charge in [-0.1, -0.05) is 30.3 Å². The monoisotopic (exact) mass is 351 g/mol. The first-order chi connectivity index (χ1) is 12.7. The van der Waals surface area contributed by atoms with Crippen LogP contribution in [0.4, 0.5) is 5.69 Å². The summed E-state index contributed by atoms with van der Waals surface area (Å²) in [6, 6.07) is 15.0. The third kappa shape index (κ3) is 4.30. The maximum Gasteiger partial charge on any atom is 0.331 e. The van der Waals surface area contributed by atoms with Crippen molar-refractivity contribution in [2.24, 2.45) is 0 Å². The van der Waals surface area contributed by atoms with Crippen LogP contribution in [0.1, 0.15) is 24.0 Å². The van der Waals surface area contributed by atoms with Crippen LogP contribution in [0.3, 0.4) is 0 Å². The Morgan fingerprint density at radius 1 is 1.15 bits per heavy atom. The minimum Gasteiger partial charge on any atom is -0.496 e. The first kappa shape index (κ1) is 17.7. The standard InChI is InChI=1S/C21H21NO4/c1-25-19-6-3-2-5-17(19)15-26-21(24)13-10-16-8-11-18(12-9-16)22-14-4-7-20(22)23/h2-3,5-6,8-13H,4,7,14-15H2,1H3/b13-10+. The molecule has 1 aliphatic heterocycles. The predicted octanol–water partition coefficient (Wildman–Crippen LogP) is 3.58. The number of nitrogens with zero attached hydrogens (tertiary/aromatic N) is 1. The van der Waals surface area contributed by atoms with Gasteiger partial charge in [-0.2, -0.15) is 0 Å². The first-order valence-electron chi connectivity index (χ1n) is 8.54. The molecular weight excluding hydrogens is 330 g/mol. The largest absolute Gasteiger partial charge is 0.496 e. The molecule has 0 aliphatic carbocycles. The fourth-order valence-corrected chi connectivity index (χ4v) is 2.87. The molecule has 0 N–H and O–H groups in total. The molecule has 0 spiro atoms. The molecule has 0 atom stereocenters. The molecule has 0 radical (unpaired) electrons. The summed E-state index contributed by atoms with van der Waals surface area (Å²) in [5.74, 6) is 0.430. The third-order valence-corrected chi connectivity index (χ3v) is 4.25. The van der Waals surface area contributed by atoms with Crippen LogP contribution in [0, 0.1) is 0 Å². The van der Waals surface area contributed by atoms with Crippen LogP contribution in [-0.2, 0) is 20.9 Å². The van der Waals surface area contributed by atoms with Crippen LogP contribution in [0.5, 0.6) is 5.75 Å². The smallest absolute Gasteiger partial charge is 0.331 e. The molecule has 134 valence electrons. The van der Waals surface area contributed by atoms with Gasteiger partial charge < -0.3 is 14.4 Å². The highest BCUT2D eigenvalue weighted by atomic mass is 16.5. The van der Waals surface area contributed by atoms with Gasteiger partial charge >= 0.3 is 5.97 Å². The Balaban J connectivity index is 1.55. The second-order valence-electron chi connectivity index (χ2n) is 5.99. The number of benzene rings is 2. The Morgan fingerprint density at radius 2 is 1.92 bits per heavy atom. The molecule has 1 heterocycles. The van der Waals surface area contributed by atoms with E-state index in [2.05, 4.69) is 0 Å². The van der Waals surface area contributed by atoms with Gasteiger partial charge in [-0.15, -0.1) is 0 Å². The Hall–Kier alpha value is -3.08. The number of rotatable bonds is 6. The lowest BCUT2D eigenvalue weighted by atomic mass is 10.2. The van der Waals surface area contributed by atoms with Crippen molar-refractivity contribution in [1.29, 1.82) is 0 Å². The van der Waals surface area contributed by atoms with E-state index >= 15 is 0 Å². The maximum absolute atomic E-state index is 11.9. The molecule has 0 bridgehead atoms. The van der Waals surface area contributed by atoms with Gasteiger partial charge in [-0.3, -0.25) is 4.79 Å². The van der Waals surface area contributed by atoms with Crippen molar-refractivity contribution in [2.45, 2.75) is 19.4 Å². The van der Waals surface area contributed by atoms with E-state index in [0.29, 0.717) is 12.2 Å².